The van der Waals surface area contributed by atoms with E-state index in [0.717, 1.165) is 25.9 Å². The minimum absolute atomic E-state index is 0.278. The topological polar surface area (TPSA) is 47.3 Å². The SMILES string of the molecule is CCCCCCCCCC(NN)C(CCC)OCC. The van der Waals surface area contributed by atoms with Crippen LogP contribution in [0.2, 0.25) is 0 Å². The maximum atomic E-state index is 5.80. The Kier molecular flexibility index (Phi) is 14.2. The van der Waals surface area contributed by atoms with Crippen LogP contribution in [0.3, 0.4) is 0 Å². The molecule has 0 spiro atoms. The summed E-state index contributed by atoms with van der Waals surface area (Å²) in [6, 6.07) is 0.315. The van der Waals surface area contributed by atoms with Gasteiger partial charge in [-0.15, -0.1) is 0 Å². The molecular weight excluding hydrogens is 236 g/mol. The van der Waals surface area contributed by atoms with E-state index in [4.69, 9.17) is 10.6 Å². The van der Waals surface area contributed by atoms with Crippen molar-refractivity contribution in [1.29, 1.82) is 0 Å². The summed E-state index contributed by atoms with van der Waals surface area (Å²) in [6.45, 7) is 7.30. The predicted molar refractivity (Wildman–Crippen MR) is 84.0 cm³/mol. The molecule has 116 valence electrons. The molecule has 0 heterocycles. The van der Waals surface area contributed by atoms with Gasteiger partial charge in [-0.2, -0.15) is 0 Å². The average molecular weight is 272 g/mol. The number of unbranched alkanes of at least 4 members (excludes halogenated alkanes) is 6. The van der Waals surface area contributed by atoms with E-state index in [1.807, 2.05) is 0 Å². The summed E-state index contributed by atoms with van der Waals surface area (Å²) < 4.78 is 5.80. The fourth-order valence-corrected chi connectivity index (χ4v) is 2.60. The number of hydrogen-bond acceptors (Lipinski definition) is 3. The Morgan fingerprint density at radius 3 is 2.00 bits per heavy atom. The Morgan fingerprint density at radius 1 is 0.842 bits per heavy atom. The molecule has 0 saturated heterocycles. The molecular formula is C16H36N2O. The van der Waals surface area contributed by atoms with E-state index in [-0.39, 0.29) is 6.10 Å². The van der Waals surface area contributed by atoms with Gasteiger partial charge in [0.05, 0.1) is 6.10 Å². The molecule has 2 atom stereocenters. The van der Waals surface area contributed by atoms with Gasteiger partial charge in [0.15, 0.2) is 0 Å². The van der Waals surface area contributed by atoms with Crippen molar-refractivity contribution in [1.82, 2.24) is 5.43 Å². The molecule has 0 radical (unpaired) electrons. The number of hydrogen-bond donors (Lipinski definition) is 2. The van der Waals surface area contributed by atoms with Crippen LogP contribution < -0.4 is 11.3 Å². The fraction of sp³-hybridized carbons (Fsp3) is 1.00. The molecule has 3 nitrogen and oxygen atoms in total. The van der Waals surface area contributed by atoms with Gasteiger partial charge in [-0.05, 0) is 19.8 Å². The molecule has 0 amide bonds. The molecule has 0 aromatic heterocycles. The van der Waals surface area contributed by atoms with E-state index in [1.54, 1.807) is 0 Å². The average Bonchev–Trinajstić information content (AvgIpc) is 2.42. The molecule has 0 saturated carbocycles. The Bertz CT molecular complexity index is 170. The second kappa shape index (κ2) is 14.3. The highest BCUT2D eigenvalue weighted by molar-refractivity contribution is 4.75. The molecule has 3 heteroatoms. The Labute approximate surface area is 120 Å². The Balaban J connectivity index is 3.71. The minimum atomic E-state index is 0.278. The lowest BCUT2D eigenvalue weighted by Gasteiger charge is -2.26. The van der Waals surface area contributed by atoms with Gasteiger partial charge < -0.3 is 4.74 Å². The van der Waals surface area contributed by atoms with Crippen molar-refractivity contribution >= 4 is 0 Å². The number of nitrogens with one attached hydrogen (secondary N) is 1. The van der Waals surface area contributed by atoms with Crippen LogP contribution in [-0.4, -0.2) is 18.8 Å². The lowest BCUT2D eigenvalue weighted by molar-refractivity contribution is 0.0252. The summed E-state index contributed by atoms with van der Waals surface area (Å²) in [5, 5.41) is 0. The van der Waals surface area contributed by atoms with Gasteiger partial charge in [0.2, 0.25) is 0 Å². The standard InChI is InChI=1S/C16H36N2O/c1-4-7-8-9-10-11-12-14-15(18-17)16(13-5-2)19-6-3/h15-16,18H,4-14,17H2,1-3H3. The molecule has 0 aliphatic heterocycles. The van der Waals surface area contributed by atoms with Gasteiger partial charge in [0, 0.05) is 12.6 Å². The third-order valence-corrected chi connectivity index (χ3v) is 3.74. The molecule has 0 rings (SSSR count). The Hall–Kier alpha value is -0.120. The second-order valence-electron chi connectivity index (χ2n) is 5.47. The summed E-state index contributed by atoms with van der Waals surface area (Å²) in [5.41, 5.74) is 2.96. The summed E-state index contributed by atoms with van der Waals surface area (Å²) in [7, 11) is 0. The van der Waals surface area contributed by atoms with Crippen molar-refractivity contribution < 1.29 is 4.74 Å². The summed E-state index contributed by atoms with van der Waals surface area (Å²) >= 11 is 0. The zero-order chi connectivity index (χ0) is 14.3. The molecule has 0 fully saturated rings. The van der Waals surface area contributed by atoms with E-state index in [2.05, 4.69) is 26.2 Å². The molecule has 0 bridgehead atoms. The fourth-order valence-electron chi connectivity index (χ4n) is 2.60. The van der Waals surface area contributed by atoms with Crippen molar-refractivity contribution in [3.05, 3.63) is 0 Å². The van der Waals surface area contributed by atoms with Crippen LogP contribution in [0.1, 0.15) is 85.0 Å². The molecule has 0 aliphatic rings. The van der Waals surface area contributed by atoms with E-state index in [1.165, 1.54) is 44.9 Å². The van der Waals surface area contributed by atoms with Crippen molar-refractivity contribution in [2.24, 2.45) is 5.84 Å². The molecule has 0 aromatic rings. The van der Waals surface area contributed by atoms with Crippen LogP contribution in [-0.2, 0) is 4.74 Å². The van der Waals surface area contributed by atoms with Crippen LogP contribution in [0.5, 0.6) is 0 Å². The number of rotatable bonds is 14. The zero-order valence-electron chi connectivity index (χ0n) is 13.4. The van der Waals surface area contributed by atoms with Crippen molar-refractivity contribution in [3.8, 4) is 0 Å². The maximum absolute atomic E-state index is 5.80. The molecule has 3 N–H and O–H groups in total. The van der Waals surface area contributed by atoms with Crippen LogP contribution in [0, 0.1) is 0 Å². The van der Waals surface area contributed by atoms with Crippen LogP contribution in [0.25, 0.3) is 0 Å². The van der Waals surface area contributed by atoms with Gasteiger partial charge in [0.1, 0.15) is 0 Å². The third kappa shape index (κ3) is 10.3. The van der Waals surface area contributed by atoms with Gasteiger partial charge in [-0.3, -0.25) is 11.3 Å². The summed E-state index contributed by atoms with van der Waals surface area (Å²) in [6.07, 6.45) is 13.1. The zero-order valence-corrected chi connectivity index (χ0v) is 13.4. The molecule has 19 heavy (non-hydrogen) atoms. The highest BCUT2D eigenvalue weighted by Gasteiger charge is 2.19. The predicted octanol–water partition coefficient (Wildman–Crippen LogP) is 4.16. The summed E-state index contributed by atoms with van der Waals surface area (Å²) in [4.78, 5) is 0. The van der Waals surface area contributed by atoms with Crippen molar-refractivity contribution in [2.45, 2.75) is 97.1 Å². The first-order valence-corrected chi connectivity index (χ1v) is 8.37. The number of hydrazine groups is 1. The molecule has 2 unspecified atom stereocenters. The highest BCUT2D eigenvalue weighted by atomic mass is 16.5. The lowest BCUT2D eigenvalue weighted by atomic mass is 9.99. The van der Waals surface area contributed by atoms with Crippen LogP contribution in [0.15, 0.2) is 0 Å². The van der Waals surface area contributed by atoms with Gasteiger partial charge in [0.25, 0.3) is 0 Å². The summed E-state index contributed by atoms with van der Waals surface area (Å²) in [5.74, 6) is 5.68. The van der Waals surface area contributed by atoms with Crippen molar-refractivity contribution in [3.63, 3.8) is 0 Å². The van der Waals surface area contributed by atoms with Gasteiger partial charge >= 0.3 is 0 Å². The molecule has 0 aliphatic carbocycles. The Morgan fingerprint density at radius 2 is 1.47 bits per heavy atom. The van der Waals surface area contributed by atoms with E-state index < -0.39 is 0 Å². The number of nitrogens with two attached hydrogens (primary N) is 1. The van der Waals surface area contributed by atoms with Crippen LogP contribution in [0.4, 0.5) is 0 Å². The normalized spacial score (nSPS) is 14.5. The first kappa shape index (κ1) is 18.9. The smallest absolute Gasteiger partial charge is 0.0741 e. The largest absolute Gasteiger partial charge is 0.377 e. The third-order valence-electron chi connectivity index (χ3n) is 3.74. The number of ether oxygens (including phenoxy) is 1. The quantitative estimate of drug-likeness (QED) is 0.283. The molecule has 0 aromatic carbocycles. The van der Waals surface area contributed by atoms with E-state index in [0.29, 0.717) is 6.04 Å². The lowest BCUT2D eigenvalue weighted by Crippen LogP contribution is -2.45. The monoisotopic (exact) mass is 272 g/mol. The first-order chi connectivity index (χ1) is 9.29. The van der Waals surface area contributed by atoms with Gasteiger partial charge in [-0.1, -0.05) is 65.2 Å². The van der Waals surface area contributed by atoms with Crippen LogP contribution >= 0.6 is 0 Å². The maximum Gasteiger partial charge on any atom is 0.0741 e. The van der Waals surface area contributed by atoms with Crippen molar-refractivity contribution in [2.75, 3.05) is 6.61 Å². The minimum Gasteiger partial charge on any atom is -0.377 e. The second-order valence-corrected chi connectivity index (χ2v) is 5.47. The van der Waals surface area contributed by atoms with E-state index in [9.17, 15) is 0 Å². The highest BCUT2D eigenvalue weighted by Crippen LogP contribution is 2.15. The van der Waals surface area contributed by atoms with Gasteiger partial charge in [-0.25, -0.2) is 0 Å². The van der Waals surface area contributed by atoms with E-state index >= 15 is 0 Å². The first-order valence-electron chi connectivity index (χ1n) is 8.37.